The van der Waals surface area contributed by atoms with Gasteiger partial charge in [-0.3, -0.25) is 4.98 Å². The van der Waals surface area contributed by atoms with Gasteiger partial charge in [0.25, 0.3) is 0 Å². The Bertz CT molecular complexity index is 567. The minimum absolute atomic E-state index is 0.540. The summed E-state index contributed by atoms with van der Waals surface area (Å²) in [7, 11) is 0. The molecule has 1 aromatic carbocycles. The van der Waals surface area contributed by atoms with Crippen molar-refractivity contribution in [3.05, 3.63) is 39.5 Å². The molecule has 0 saturated carbocycles. The van der Waals surface area contributed by atoms with Crippen LogP contribution in [-0.4, -0.2) is 11.5 Å². The van der Waals surface area contributed by atoms with E-state index in [4.69, 9.17) is 28.9 Å². The Hall–Kier alpha value is -0.830. The van der Waals surface area contributed by atoms with E-state index in [0.29, 0.717) is 10.0 Å². The molecule has 2 aromatic rings. The quantitative estimate of drug-likeness (QED) is 0.857. The normalized spacial score (nSPS) is 11.1. The first-order valence-electron chi connectivity index (χ1n) is 6.08. The fraction of sp³-hybridized carbons (Fsp3) is 0.357. The summed E-state index contributed by atoms with van der Waals surface area (Å²) in [6.45, 7) is 2.79. The number of halogens is 2. The zero-order chi connectivity index (χ0) is 13.1. The summed E-state index contributed by atoms with van der Waals surface area (Å²) in [5.41, 5.74) is 8.53. The maximum absolute atomic E-state index is 6.22. The maximum atomic E-state index is 6.22. The van der Waals surface area contributed by atoms with Crippen LogP contribution in [-0.2, 0) is 6.42 Å². The maximum Gasteiger partial charge on any atom is 0.0909 e. The Morgan fingerprint density at radius 3 is 2.72 bits per heavy atom. The summed E-state index contributed by atoms with van der Waals surface area (Å²) in [4.78, 5) is 4.61. The number of hydrogen-bond acceptors (Lipinski definition) is 2. The van der Waals surface area contributed by atoms with Crippen molar-refractivity contribution in [3.63, 3.8) is 0 Å². The molecule has 0 saturated heterocycles. The Morgan fingerprint density at radius 1 is 1.22 bits per heavy atom. The van der Waals surface area contributed by atoms with Crippen molar-refractivity contribution in [1.29, 1.82) is 0 Å². The lowest BCUT2D eigenvalue weighted by atomic mass is 10.1. The van der Waals surface area contributed by atoms with Crippen molar-refractivity contribution >= 4 is 34.1 Å². The predicted octanol–water partition coefficient (Wildman–Crippen LogP) is 4.13. The van der Waals surface area contributed by atoms with E-state index in [9.17, 15) is 0 Å². The summed E-state index contributed by atoms with van der Waals surface area (Å²) in [6.07, 6.45) is 2.99. The lowest BCUT2D eigenvalue weighted by Gasteiger charge is -2.08. The van der Waals surface area contributed by atoms with Gasteiger partial charge in [0.2, 0.25) is 0 Å². The van der Waals surface area contributed by atoms with Crippen molar-refractivity contribution in [2.24, 2.45) is 5.73 Å². The molecule has 2 nitrogen and oxygen atoms in total. The fourth-order valence-electron chi connectivity index (χ4n) is 2.05. The SMILES string of the molecule is Cc1cc(CCCCN)nc2c(Cl)c(Cl)ccc12. The number of aromatic nitrogens is 1. The molecule has 0 aliphatic heterocycles. The van der Waals surface area contributed by atoms with Crippen LogP contribution in [0.25, 0.3) is 10.9 Å². The Morgan fingerprint density at radius 2 is 2.00 bits per heavy atom. The van der Waals surface area contributed by atoms with Crippen LogP contribution in [0, 0.1) is 6.92 Å². The molecular formula is C14H16Cl2N2. The van der Waals surface area contributed by atoms with Gasteiger partial charge in [0, 0.05) is 11.1 Å². The second-order valence-electron chi connectivity index (χ2n) is 4.43. The van der Waals surface area contributed by atoms with Crippen molar-refractivity contribution in [2.75, 3.05) is 6.54 Å². The van der Waals surface area contributed by atoms with Gasteiger partial charge in [-0.15, -0.1) is 0 Å². The molecule has 1 aromatic heterocycles. The number of rotatable bonds is 4. The molecule has 0 atom stereocenters. The lowest BCUT2D eigenvalue weighted by molar-refractivity contribution is 0.734. The van der Waals surface area contributed by atoms with Gasteiger partial charge >= 0.3 is 0 Å². The summed E-state index contributed by atoms with van der Waals surface area (Å²) in [6, 6.07) is 5.90. The smallest absolute Gasteiger partial charge is 0.0909 e. The van der Waals surface area contributed by atoms with Crippen molar-refractivity contribution in [2.45, 2.75) is 26.2 Å². The molecule has 4 heteroatoms. The molecule has 0 aliphatic rings. The van der Waals surface area contributed by atoms with Gasteiger partial charge in [0.15, 0.2) is 0 Å². The van der Waals surface area contributed by atoms with Crippen LogP contribution in [0.5, 0.6) is 0 Å². The highest BCUT2D eigenvalue weighted by Gasteiger charge is 2.09. The number of pyridine rings is 1. The van der Waals surface area contributed by atoms with Gasteiger partial charge < -0.3 is 5.73 Å². The number of unbranched alkanes of at least 4 members (excludes halogenated alkanes) is 1. The molecule has 0 fully saturated rings. The third kappa shape index (κ3) is 2.77. The van der Waals surface area contributed by atoms with Crippen LogP contribution in [0.4, 0.5) is 0 Å². The zero-order valence-corrected chi connectivity index (χ0v) is 11.9. The van der Waals surface area contributed by atoms with Gasteiger partial charge in [0.05, 0.1) is 15.6 Å². The van der Waals surface area contributed by atoms with Gasteiger partial charge in [0.1, 0.15) is 0 Å². The summed E-state index contributed by atoms with van der Waals surface area (Å²) in [5.74, 6) is 0. The first-order valence-corrected chi connectivity index (χ1v) is 6.83. The van der Waals surface area contributed by atoms with Crippen LogP contribution < -0.4 is 5.73 Å². The van der Waals surface area contributed by atoms with E-state index in [2.05, 4.69) is 18.0 Å². The molecule has 96 valence electrons. The molecular weight excluding hydrogens is 267 g/mol. The van der Waals surface area contributed by atoms with E-state index in [0.717, 1.165) is 42.4 Å². The number of hydrogen-bond donors (Lipinski definition) is 1. The number of aryl methyl sites for hydroxylation is 2. The zero-order valence-electron chi connectivity index (χ0n) is 10.3. The van der Waals surface area contributed by atoms with E-state index in [1.807, 2.05) is 12.1 Å². The monoisotopic (exact) mass is 282 g/mol. The van der Waals surface area contributed by atoms with Gasteiger partial charge in [-0.2, -0.15) is 0 Å². The van der Waals surface area contributed by atoms with Crippen molar-refractivity contribution < 1.29 is 0 Å². The summed E-state index contributed by atoms with van der Waals surface area (Å²) >= 11 is 12.2. The third-order valence-electron chi connectivity index (χ3n) is 3.02. The molecule has 0 amide bonds. The molecule has 0 spiro atoms. The van der Waals surface area contributed by atoms with Crippen LogP contribution in [0.15, 0.2) is 18.2 Å². The highest BCUT2D eigenvalue weighted by molar-refractivity contribution is 6.45. The van der Waals surface area contributed by atoms with E-state index in [-0.39, 0.29) is 0 Å². The van der Waals surface area contributed by atoms with Crippen molar-refractivity contribution in [1.82, 2.24) is 4.98 Å². The predicted molar refractivity (Wildman–Crippen MR) is 78.5 cm³/mol. The molecule has 2 rings (SSSR count). The molecule has 0 radical (unpaired) electrons. The fourth-order valence-corrected chi connectivity index (χ4v) is 2.41. The number of nitrogens with zero attached hydrogens (tertiary/aromatic N) is 1. The molecule has 1 heterocycles. The third-order valence-corrected chi connectivity index (χ3v) is 3.81. The van der Waals surface area contributed by atoms with E-state index < -0.39 is 0 Å². The minimum Gasteiger partial charge on any atom is -0.330 e. The summed E-state index contributed by atoms with van der Waals surface area (Å²) < 4.78 is 0. The first-order chi connectivity index (χ1) is 8.63. The van der Waals surface area contributed by atoms with E-state index in [1.54, 1.807) is 0 Å². The van der Waals surface area contributed by atoms with Crippen LogP contribution in [0.2, 0.25) is 10.0 Å². The number of benzene rings is 1. The number of nitrogens with two attached hydrogens (primary N) is 1. The Labute approximate surface area is 117 Å². The van der Waals surface area contributed by atoms with Crippen molar-refractivity contribution in [3.8, 4) is 0 Å². The molecule has 2 N–H and O–H groups in total. The molecule has 18 heavy (non-hydrogen) atoms. The van der Waals surface area contributed by atoms with Gasteiger partial charge in [-0.05, 0) is 50.4 Å². The number of fused-ring (bicyclic) bond motifs is 1. The van der Waals surface area contributed by atoms with Gasteiger partial charge in [-0.25, -0.2) is 0 Å². The minimum atomic E-state index is 0.540. The van der Waals surface area contributed by atoms with E-state index >= 15 is 0 Å². The summed E-state index contributed by atoms with van der Waals surface area (Å²) in [5, 5.41) is 2.15. The highest BCUT2D eigenvalue weighted by Crippen LogP contribution is 2.31. The second-order valence-corrected chi connectivity index (χ2v) is 5.22. The average Bonchev–Trinajstić information content (AvgIpc) is 2.35. The lowest BCUT2D eigenvalue weighted by Crippen LogP contribution is -2.00. The topological polar surface area (TPSA) is 38.9 Å². The van der Waals surface area contributed by atoms with Crippen LogP contribution in [0.3, 0.4) is 0 Å². The van der Waals surface area contributed by atoms with Crippen LogP contribution >= 0.6 is 23.2 Å². The molecule has 0 aliphatic carbocycles. The molecule has 0 unspecified atom stereocenters. The second kappa shape index (κ2) is 5.87. The Balaban J connectivity index is 2.43. The largest absolute Gasteiger partial charge is 0.330 e. The first kappa shape index (κ1) is 13.6. The standard InChI is InChI=1S/C14H16Cl2N2/c1-9-8-10(4-2-3-7-17)18-14-11(9)5-6-12(15)13(14)16/h5-6,8H,2-4,7,17H2,1H3. The average molecular weight is 283 g/mol. The Kier molecular flexibility index (Phi) is 4.44. The van der Waals surface area contributed by atoms with Gasteiger partial charge in [-0.1, -0.05) is 29.3 Å². The van der Waals surface area contributed by atoms with Crippen LogP contribution in [0.1, 0.15) is 24.1 Å². The molecule has 0 bridgehead atoms. The van der Waals surface area contributed by atoms with E-state index in [1.165, 1.54) is 5.56 Å². The highest BCUT2D eigenvalue weighted by atomic mass is 35.5.